The van der Waals surface area contributed by atoms with Crippen LogP contribution < -0.4 is 26.4 Å². The summed E-state index contributed by atoms with van der Waals surface area (Å²) in [5.74, 6) is -0.457. The van der Waals surface area contributed by atoms with E-state index in [2.05, 4.69) is 27.5 Å². The van der Waals surface area contributed by atoms with E-state index in [4.69, 9.17) is 19.9 Å². The van der Waals surface area contributed by atoms with Crippen molar-refractivity contribution in [2.24, 2.45) is 10.7 Å². The first kappa shape index (κ1) is 38.0. The number of anilines is 1. The molecule has 2 bridgehead atoms. The molecule has 0 atom stereocenters. The Morgan fingerprint density at radius 2 is 1.81 bits per heavy atom. The normalized spacial score (nSPS) is 17.7. The largest absolute Gasteiger partial charge is 0.489 e. The lowest BCUT2D eigenvalue weighted by molar-refractivity contribution is -0.122. The van der Waals surface area contributed by atoms with E-state index in [1.807, 2.05) is 6.07 Å². The summed E-state index contributed by atoms with van der Waals surface area (Å²) in [6.45, 7) is 6.80. The Bertz CT molecular complexity index is 1590. The Kier molecular flexibility index (Phi) is 15.4. The number of hydrogen-bond acceptors (Lipinski definition) is 11. The molecule has 48 heavy (non-hydrogen) atoms. The van der Waals surface area contributed by atoms with Crippen molar-refractivity contribution in [2.75, 3.05) is 65.0 Å². The fourth-order valence-corrected chi connectivity index (χ4v) is 6.14. The van der Waals surface area contributed by atoms with Gasteiger partial charge in [-0.25, -0.2) is 13.4 Å². The van der Waals surface area contributed by atoms with Gasteiger partial charge in [-0.3, -0.25) is 9.59 Å². The van der Waals surface area contributed by atoms with Crippen molar-refractivity contribution in [3.05, 3.63) is 77.6 Å². The minimum atomic E-state index is -4.00. The molecule has 14 nitrogen and oxygen atoms in total. The fourth-order valence-electron chi connectivity index (χ4n) is 4.68. The number of nitrogens with zero attached hydrogens (tertiary/aromatic N) is 2. The fraction of sp³-hybridized carbons (Fsp3) is 0.394. The van der Waals surface area contributed by atoms with E-state index in [1.165, 1.54) is 22.5 Å². The third kappa shape index (κ3) is 11.1. The van der Waals surface area contributed by atoms with Crippen molar-refractivity contribution in [1.82, 2.24) is 14.9 Å². The van der Waals surface area contributed by atoms with Gasteiger partial charge in [0.15, 0.2) is 0 Å². The van der Waals surface area contributed by atoms with Crippen LogP contribution in [0.15, 0.2) is 76.4 Å². The van der Waals surface area contributed by atoms with Gasteiger partial charge in [0.1, 0.15) is 24.3 Å². The first-order chi connectivity index (χ1) is 23.1. The smallest absolute Gasteiger partial charge is 0.276 e. The Morgan fingerprint density at radius 1 is 1.10 bits per heavy atom. The number of allylic oxidation sites excluding steroid dienone is 2. The maximum atomic E-state index is 13.7. The Balaban J connectivity index is 1.96. The second kappa shape index (κ2) is 19.4. The predicted octanol–water partition coefficient (Wildman–Crippen LogP) is 1.72. The SMILES string of the molecule is C=CC1=N/C(=C(\C)N)C(=O)Nc2cccc(CNC)c2OCCOCCOCCN(CCCC(=O)NCC=O)S(=O)(=O)c2ccc1cc2. The second-order valence-electron chi connectivity index (χ2n) is 10.6. The van der Waals surface area contributed by atoms with Crippen LogP contribution in [0.1, 0.15) is 30.9 Å². The third-order valence-electron chi connectivity index (χ3n) is 7.04. The molecule has 2 amide bonds. The molecule has 0 saturated carbocycles. The van der Waals surface area contributed by atoms with Crippen LogP contribution in [0, 0.1) is 0 Å². The molecule has 4 rings (SSSR count). The number of para-hydroxylation sites is 1. The number of ether oxygens (including phenoxy) is 3. The van der Waals surface area contributed by atoms with Crippen LogP contribution in [0.2, 0.25) is 0 Å². The number of nitrogens with one attached hydrogen (secondary N) is 3. The Hall–Kier alpha value is -4.41. The molecule has 2 aliphatic heterocycles. The van der Waals surface area contributed by atoms with Crippen LogP contribution in [0.3, 0.4) is 0 Å². The molecule has 0 unspecified atom stereocenters. The van der Waals surface area contributed by atoms with E-state index < -0.39 is 15.9 Å². The van der Waals surface area contributed by atoms with Crippen LogP contribution in [0.5, 0.6) is 5.75 Å². The predicted molar refractivity (Wildman–Crippen MR) is 182 cm³/mol. The van der Waals surface area contributed by atoms with Crippen molar-refractivity contribution in [2.45, 2.75) is 31.2 Å². The van der Waals surface area contributed by atoms with Crippen molar-refractivity contribution in [3.63, 3.8) is 0 Å². The van der Waals surface area contributed by atoms with Crippen LogP contribution >= 0.6 is 0 Å². The zero-order valence-corrected chi connectivity index (χ0v) is 28.1. The lowest BCUT2D eigenvalue weighted by Gasteiger charge is -2.22. The van der Waals surface area contributed by atoms with Gasteiger partial charge in [0.2, 0.25) is 15.9 Å². The summed E-state index contributed by atoms with van der Waals surface area (Å²) in [6, 6.07) is 11.4. The second-order valence-corrected chi connectivity index (χ2v) is 12.5. The molecule has 15 heteroatoms. The van der Waals surface area contributed by atoms with Crippen LogP contribution in [-0.2, 0) is 40.4 Å². The van der Waals surface area contributed by atoms with Crippen LogP contribution in [-0.4, -0.2) is 96.3 Å². The number of sulfonamides is 1. The number of hydrogen-bond donors (Lipinski definition) is 4. The summed E-state index contributed by atoms with van der Waals surface area (Å²) >= 11 is 0. The van der Waals surface area contributed by atoms with E-state index in [-0.39, 0.29) is 87.7 Å². The molecular weight excluding hydrogens is 640 g/mol. The van der Waals surface area contributed by atoms with Crippen LogP contribution in [0.4, 0.5) is 5.69 Å². The summed E-state index contributed by atoms with van der Waals surface area (Å²) in [7, 11) is -2.19. The first-order valence-electron chi connectivity index (χ1n) is 15.5. The quantitative estimate of drug-likeness (QED) is 0.172. The summed E-state index contributed by atoms with van der Waals surface area (Å²) in [6.07, 6.45) is 2.29. The van der Waals surface area contributed by atoms with E-state index in [9.17, 15) is 22.8 Å². The van der Waals surface area contributed by atoms with Crippen LogP contribution in [0.25, 0.3) is 0 Å². The number of benzene rings is 2. The molecule has 2 heterocycles. The minimum Gasteiger partial charge on any atom is -0.489 e. The van der Waals surface area contributed by atoms with Gasteiger partial charge in [0.25, 0.3) is 5.91 Å². The summed E-state index contributed by atoms with van der Waals surface area (Å²) < 4.78 is 46.0. The topological polar surface area (TPSA) is 191 Å². The van der Waals surface area contributed by atoms with Crippen molar-refractivity contribution in [1.29, 1.82) is 0 Å². The number of rotatable bonds is 9. The molecule has 2 aromatic carbocycles. The van der Waals surface area contributed by atoms with Gasteiger partial charge < -0.3 is 40.7 Å². The lowest BCUT2D eigenvalue weighted by Crippen LogP contribution is -2.36. The first-order valence-corrected chi connectivity index (χ1v) is 16.9. The maximum absolute atomic E-state index is 13.7. The molecule has 0 saturated heterocycles. The van der Waals surface area contributed by atoms with E-state index in [1.54, 1.807) is 38.2 Å². The molecule has 0 radical (unpaired) electrons. The number of carbonyl (C=O) groups is 3. The van der Waals surface area contributed by atoms with E-state index in [0.717, 1.165) is 5.56 Å². The number of amides is 2. The van der Waals surface area contributed by atoms with Gasteiger partial charge in [-0.15, -0.1) is 0 Å². The molecule has 0 spiro atoms. The highest BCUT2D eigenvalue weighted by Gasteiger charge is 2.25. The average Bonchev–Trinajstić information content (AvgIpc) is 3.06. The summed E-state index contributed by atoms with van der Waals surface area (Å²) in [5, 5.41) is 8.40. The minimum absolute atomic E-state index is 0.0167. The number of aliphatic imine (C=N–C) groups is 1. The Labute approximate surface area is 281 Å². The standard InChI is InChI=1S/C33H44N6O8S/c1-4-28-25-10-12-27(13-11-25)48(43,44)39(15-6-9-30(41)36-14-17-40)16-18-45-19-20-46-21-22-47-32-26(23-35-3)7-5-8-29(32)38-33(42)31(37-28)24(2)34/h4-5,7-8,10-13,17,35H,1,6,9,14-16,18-23,34H2,2-3H3,(H,36,41)(H,38,42)/b31-24+,37-28?. The molecule has 0 aliphatic carbocycles. The zero-order valence-electron chi connectivity index (χ0n) is 27.3. The van der Waals surface area contributed by atoms with E-state index >= 15 is 0 Å². The number of fused-ring (bicyclic) bond motifs is 15. The molecule has 2 aliphatic rings. The Morgan fingerprint density at radius 3 is 2.48 bits per heavy atom. The molecule has 5 N–H and O–H groups in total. The third-order valence-corrected chi connectivity index (χ3v) is 8.95. The molecule has 0 aromatic heterocycles. The van der Waals surface area contributed by atoms with Gasteiger partial charge in [-0.2, -0.15) is 4.31 Å². The number of aldehydes is 1. The highest BCUT2D eigenvalue weighted by atomic mass is 32.2. The van der Waals surface area contributed by atoms with Crippen molar-refractivity contribution in [3.8, 4) is 5.75 Å². The molecule has 0 fully saturated rings. The average molecular weight is 685 g/mol. The van der Waals surface area contributed by atoms with Gasteiger partial charge in [-0.1, -0.05) is 30.8 Å². The van der Waals surface area contributed by atoms with Crippen molar-refractivity contribution < 1.29 is 37.0 Å². The van der Waals surface area contributed by atoms with Gasteiger partial charge >= 0.3 is 0 Å². The lowest BCUT2D eigenvalue weighted by atomic mass is 10.1. The summed E-state index contributed by atoms with van der Waals surface area (Å²) in [5.41, 5.74) is 8.25. The van der Waals surface area contributed by atoms with Gasteiger partial charge in [0.05, 0.1) is 49.3 Å². The zero-order chi connectivity index (χ0) is 34.9. The van der Waals surface area contributed by atoms with Crippen molar-refractivity contribution >= 4 is 39.5 Å². The molecule has 2 aromatic rings. The highest BCUT2D eigenvalue weighted by molar-refractivity contribution is 7.89. The van der Waals surface area contributed by atoms with Gasteiger partial charge in [-0.05, 0) is 44.7 Å². The number of carbonyl (C=O) groups excluding carboxylic acids is 3. The highest BCUT2D eigenvalue weighted by Crippen LogP contribution is 2.30. The summed E-state index contributed by atoms with van der Waals surface area (Å²) in [4.78, 5) is 40.6. The monoisotopic (exact) mass is 684 g/mol. The molecular formula is C33H44N6O8S. The number of nitrogens with two attached hydrogens (primary N) is 1. The van der Waals surface area contributed by atoms with Gasteiger partial charge in [0, 0.05) is 42.9 Å². The molecule has 260 valence electrons. The maximum Gasteiger partial charge on any atom is 0.276 e. The van der Waals surface area contributed by atoms with E-state index in [0.29, 0.717) is 35.5 Å².